The number of pyridine rings is 1. The summed E-state index contributed by atoms with van der Waals surface area (Å²) in [5, 5.41) is 16.2. The van der Waals surface area contributed by atoms with E-state index in [9.17, 15) is 8.78 Å². The fourth-order valence-electron chi connectivity index (χ4n) is 1.90. The van der Waals surface area contributed by atoms with Gasteiger partial charge in [-0.25, -0.2) is 0 Å². The van der Waals surface area contributed by atoms with Crippen molar-refractivity contribution in [2.75, 3.05) is 0 Å². The summed E-state index contributed by atoms with van der Waals surface area (Å²) in [6.07, 6.45) is 0. The molecule has 3 rings (SSSR count). The van der Waals surface area contributed by atoms with Gasteiger partial charge in [0.2, 0.25) is 11.9 Å². The number of allylic oxidation sites excluding steroid dienone is 1. The molecule has 0 amide bonds. The van der Waals surface area contributed by atoms with E-state index in [1.54, 1.807) is 24.3 Å². The number of aromatic nitrogens is 1. The number of benzene rings is 1. The minimum absolute atomic E-state index is 0.245. The number of halogens is 2. The molecule has 0 unspecified atom stereocenters. The third-order valence-corrected chi connectivity index (χ3v) is 2.81. The van der Waals surface area contributed by atoms with Crippen LogP contribution in [0.25, 0.3) is 16.8 Å². The molecule has 1 aromatic carbocycles. The summed E-state index contributed by atoms with van der Waals surface area (Å²) in [7, 11) is 0. The topological polar surface area (TPSA) is 61.4 Å². The maximum absolute atomic E-state index is 13.1. The monoisotopic (exact) mass is 268 g/mol. The van der Waals surface area contributed by atoms with Crippen molar-refractivity contribution in [3.63, 3.8) is 0 Å². The lowest BCUT2D eigenvalue weighted by atomic mass is 10.0. The van der Waals surface area contributed by atoms with Crippen LogP contribution in [-0.2, 0) is 0 Å². The lowest BCUT2D eigenvalue weighted by molar-refractivity contribution is 0.513. The third kappa shape index (κ3) is 2.06. The highest BCUT2D eigenvalue weighted by atomic mass is 19.1. The van der Waals surface area contributed by atoms with Crippen LogP contribution in [0.15, 0.2) is 52.3 Å². The lowest BCUT2D eigenvalue weighted by Gasteiger charge is -2.10. The molecule has 1 aliphatic heterocycles. The molecular weight excluding hydrogens is 262 g/mol. The lowest BCUT2D eigenvalue weighted by Crippen LogP contribution is -1.94. The van der Waals surface area contributed by atoms with E-state index in [4.69, 9.17) is 5.26 Å². The number of azo groups is 1. The molecule has 6 heteroatoms. The van der Waals surface area contributed by atoms with Crippen molar-refractivity contribution in [3.05, 3.63) is 59.6 Å². The number of nitriles is 1. The van der Waals surface area contributed by atoms with E-state index in [1.165, 1.54) is 0 Å². The molecule has 0 radical (unpaired) electrons. The Balaban J connectivity index is 2.06. The van der Waals surface area contributed by atoms with Gasteiger partial charge in [-0.15, -0.1) is 10.2 Å². The second kappa shape index (κ2) is 4.63. The quantitative estimate of drug-likeness (QED) is 0.780. The second-order valence-electron chi connectivity index (χ2n) is 4.09. The van der Waals surface area contributed by atoms with Crippen molar-refractivity contribution in [1.29, 1.82) is 5.26 Å². The van der Waals surface area contributed by atoms with Gasteiger partial charge in [0.15, 0.2) is 5.70 Å². The Hall–Kier alpha value is -2.94. The van der Waals surface area contributed by atoms with Crippen LogP contribution in [0.4, 0.5) is 8.78 Å². The zero-order chi connectivity index (χ0) is 14.1. The molecule has 0 N–H and O–H groups in total. The average molecular weight is 268 g/mol. The minimum Gasteiger partial charge on any atom is -0.191 e. The van der Waals surface area contributed by atoms with Crippen molar-refractivity contribution >= 4 is 5.70 Å². The van der Waals surface area contributed by atoms with Crippen LogP contribution in [0.2, 0.25) is 0 Å². The zero-order valence-corrected chi connectivity index (χ0v) is 10.0. The van der Waals surface area contributed by atoms with Crippen molar-refractivity contribution in [2.24, 2.45) is 10.2 Å². The smallest absolute Gasteiger partial charge is 0.191 e. The Morgan fingerprint density at radius 1 is 0.900 bits per heavy atom. The maximum atomic E-state index is 13.1. The first-order valence-corrected chi connectivity index (χ1v) is 5.67. The minimum atomic E-state index is -0.884. The molecule has 1 aliphatic rings. The predicted molar refractivity (Wildman–Crippen MR) is 67.0 cm³/mol. The predicted octanol–water partition coefficient (Wildman–Crippen LogP) is 3.68. The van der Waals surface area contributed by atoms with Crippen LogP contribution in [-0.4, -0.2) is 4.98 Å². The van der Waals surface area contributed by atoms with E-state index < -0.39 is 11.9 Å². The molecule has 96 valence electrons. The zero-order valence-electron chi connectivity index (χ0n) is 10.0. The molecule has 0 saturated carbocycles. The summed E-state index contributed by atoms with van der Waals surface area (Å²) in [4.78, 5) is 3.05. The Morgan fingerprint density at radius 3 is 2.20 bits per heavy atom. The van der Waals surface area contributed by atoms with Gasteiger partial charge in [-0.3, -0.25) is 0 Å². The van der Waals surface area contributed by atoms with Gasteiger partial charge in [-0.2, -0.15) is 19.0 Å². The highest BCUT2D eigenvalue weighted by molar-refractivity contribution is 5.77. The Morgan fingerprint density at radius 2 is 1.60 bits per heavy atom. The van der Waals surface area contributed by atoms with Crippen molar-refractivity contribution < 1.29 is 8.78 Å². The highest BCUT2D eigenvalue weighted by Gasteiger charge is 2.16. The summed E-state index contributed by atoms with van der Waals surface area (Å²) in [5.41, 5.74) is 2.37. The fraction of sp³-hybridized carbons (Fsp3) is 0. The SMILES string of the molecule is N#CC1=C(c2cccc(-c3cc(F)nc(F)c3)c2)N=N1. The molecule has 0 spiro atoms. The van der Waals surface area contributed by atoms with Crippen molar-refractivity contribution in [3.8, 4) is 17.2 Å². The van der Waals surface area contributed by atoms with Crippen molar-refractivity contribution in [2.45, 2.75) is 0 Å². The maximum Gasteiger partial charge on any atom is 0.216 e. The van der Waals surface area contributed by atoms with E-state index in [0.29, 0.717) is 22.4 Å². The van der Waals surface area contributed by atoms with Crippen LogP contribution in [0.1, 0.15) is 5.56 Å². The first-order chi connectivity index (χ1) is 9.67. The summed E-state index contributed by atoms with van der Waals surface area (Å²) in [5.74, 6) is -1.77. The van der Waals surface area contributed by atoms with Gasteiger partial charge in [0.25, 0.3) is 0 Å². The molecule has 20 heavy (non-hydrogen) atoms. The molecule has 1 aromatic heterocycles. The van der Waals surface area contributed by atoms with Crippen LogP contribution >= 0.6 is 0 Å². The second-order valence-corrected chi connectivity index (χ2v) is 4.09. The first-order valence-electron chi connectivity index (χ1n) is 5.67. The average Bonchev–Trinajstić information content (AvgIpc) is 2.37. The van der Waals surface area contributed by atoms with E-state index in [2.05, 4.69) is 15.2 Å². The Kier molecular flexibility index (Phi) is 2.80. The van der Waals surface area contributed by atoms with Gasteiger partial charge in [-0.1, -0.05) is 18.2 Å². The van der Waals surface area contributed by atoms with Gasteiger partial charge in [0, 0.05) is 17.7 Å². The molecule has 0 aliphatic carbocycles. The van der Waals surface area contributed by atoms with E-state index in [1.807, 2.05) is 6.07 Å². The van der Waals surface area contributed by atoms with Crippen LogP contribution in [0.3, 0.4) is 0 Å². The number of hydrogen-bond donors (Lipinski definition) is 0. The molecular formula is C14H6F2N4. The van der Waals surface area contributed by atoms with Gasteiger partial charge < -0.3 is 0 Å². The molecule has 0 bridgehead atoms. The standard InChI is InChI=1S/C14H6F2N4/c15-12-5-10(6-13(16)18-12)8-2-1-3-9(4-8)14-11(7-17)19-20-14/h1-6H. The van der Waals surface area contributed by atoms with Crippen molar-refractivity contribution in [1.82, 2.24) is 4.98 Å². The van der Waals surface area contributed by atoms with Gasteiger partial charge in [0.05, 0.1) is 0 Å². The van der Waals surface area contributed by atoms with E-state index in [-0.39, 0.29) is 5.70 Å². The van der Waals surface area contributed by atoms with E-state index >= 15 is 0 Å². The first kappa shape index (κ1) is 12.1. The van der Waals surface area contributed by atoms with Crippen LogP contribution < -0.4 is 0 Å². The van der Waals surface area contributed by atoms with Crippen LogP contribution in [0, 0.1) is 23.2 Å². The number of rotatable bonds is 2. The summed E-state index contributed by atoms with van der Waals surface area (Å²) in [6.45, 7) is 0. The highest BCUT2D eigenvalue weighted by Crippen LogP contribution is 2.31. The molecule has 4 nitrogen and oxygen atoms in total. The molecule has 2 heterocycles. The summed E-state index contributed by atoms with van der Waals surface area (Å²) >= 11 is 0. The normalized spacial score (nSPS) is 13.1. The molecule has 0 saturated heterocycles. The Labute approximate surface area is 112 Å². The molecule has 2 aromatic rings. The van der Waals surface area contributed by atoms with E-state index in [0.717, 1.165) is 12.1 Å². The Bertz CT molecular complexity index is 783. The third-order valence-electron chi connectivity index (χ3n) is 2.81. The number of hydrogen-bond acceptors (Lipinski definition) is 4. The fourth-order valence-corrected chi connectivity index (χ4v) is 1.90. The van der Waals surface area contributed by atoms with Gasteiger partial charge >= 0.3 is 0 Å². The summed E-state index contributed by atoms with van der Waals surface area (Å²) in [6, 6.07) is 11.1. The summed E-state index contributed by atoms with van der Waals surface area (Å²) < 4.78 is 26.3. The molecule has 0 atom stereocenters. The largest absolute Gasteiger partial charge is 0.216 e. The van der Waals surface area contributed by atoms with Gasteiger partial charge in [0.1, 0.15) is 11.8 Å². The van der Waals surface area contributed by atoms with Crippen LogP contribution in [0.5, 0.6) is 0 Å². The van der Waals surface area contributed by atoms with Gasteiger partial charge in [-0.05, 0) is 17.2 Å². The molecule has 0 fully saturated rings. The number of nitrogens with zero attached hydrogens (tertiary/aromatic N) is 4.